The van der Waals surface area contributed by atoms with E-state index in [-0.39, 0.29) is 25.6 Å². The summed E-state index contributed by atoms with van der Waals surface area (Å²) in [4.78, 5) is 11.5. The molecule has 0 spiro atoms. The Bertz CT molecular complexity index is 431. The molecule has 0 aromatic carbocycles. The highest BCUT2D eigenvalue weighted by Crippen LogP contribution is 2.14. The molecule has 1 aromatic heterocycles. The Morgan fingerprint density at radius 3 is 2.63 bits per heavy atom. The van der Waals surface area contributed by atoms with Gasteiger partial charge in [-0.2, -0.15) is 13.2 Å². The molecule has 0 unspecified atom stereocenters. The van der Waals surface area contributed by atoms with Crippen molar-refractivity contribution in [2.75, 3.05) is 19.8 Å². The monoisotopic (exact) mass is 281 g/mol. The lowest BCUT2D eigenvalue weighted by atomic mass is 10.5. The molecule has 1 rings (SSSR count). The first kappa shape index (κ1) is 15.4. The predicted octanol–water partition coefficient (Wildman–Crippen LogP) is 1.34. The Hall–Kier alpha value is -1.64. The third kappa shape index (κ3) is 4.86. The summed E-state index contributed by atoms with van der Waals surface area (Å²) in [6.45, 7) is 1.91. The quantitative estimate of drug-likeness (QED) is 0.581. The second-order valence-corrected chi connectivity index (χ2v) is 3.61. The molecule has 0 atom stereocenters. The van der Waals surface area contributed by atoms with Gasteiger partial charge in [0.1, 0.15) is 12.4 Å². The zero-order valence-electron chi connectivity index (χ0n) is 10.5. The van der Waals surface area contributed by atoms with E-state index in [1.165, 1.54) is 4.57 Å². The lowest BCUT2D eigenvalue weighted by Gasteiger charge is -2.10. The maximum Gasteiger partial charge on any atom is 0.411 e. The Morgan fingerprint density at radius 2 is 2.05 bits per heavy atom. The average molecular weight is 281 g/mol. The molecule has 0 saturated carbocycles. The number of aromatic nitrogens is 3. The molecule has 0 fully saturated rings. The standard InChI is InChI=1S/C10H14F3N3O3/c1-3-19-9(17)8-15-14-7(2)16(8)4-5-18-6-10(11,12)13/h3-6H2,1-2H3. The summed E-state index contributed by atoms with van der Waals surface area (Å²) in [5, 5.41) is 7.30. The van der Waals surface area contributed by atoms with Gasteiger partial charge in [0.2, 0.25) is 5.82 Å². The van der Waals surface area contributed by atoms with Crippen molar-refractivity contribution in [3.63, 3.8) is 0 Å². The number of alkyl halides is 3. The molecular formula is C10H14F3N3O3. The minimum Gasteiger partial charge on any atom is -0.460 e. The first-order valence-corrected chi connectivity index (χ1v) is 5.56. The van der Waals surface area contributed by atoms with Crippen molar-refractivity contribution in [1.82, 2.24) is 14.8 Å². The van der Waals surface area contributed by atoms with Crippen LogP contribution in [0.25, 0.3) is 0 Å². The molecular weight excluding hydrogens is 267 g/mol. The Labute approximate surface area is 107 Å². The number of carbonyl (C=O) groups is 1. The van der Waals surface area contributed by atoms with Gasteiger partial charge in [-0.1, -0.05) is 0 Å². The molecule has 108 valence electrons. The number of esters is 1. The molecule has 9 heteroatoms. The molecule has 0 saturated heterocycles. The highest BCUT2D eigenvalue weighted by Gasteiger charge is 2.27. The number of halogens is 3. The maximum atomic E-state index is 11.9. The van der Waals surface area contributed by atoms with Crippen LogP contribution in [0.2, 0.25) is 0 Å². The van der Waals surface area contributed by atoms with Crippen LogP contribution in [0.3, 0.4) is 0 Å². The Balaban J connectivity index is 2.58. The van der Waals surface area contributed by atoms with E-state index in [2.05, 4.69) is 14.9 Å². The zero-order chi connectivity index (χ0) is 14.5. The van der Waals surface area contributed by atoms with Crippen LogP contribution in [-0.2, 0) is 16.0 Å². The number of aryl methyl sites for hydroxylation is 1. The first-order chi connectivity index (χ1) is 8.85. The van der Waals surface area contributed by atoms with E-state index in [9.17, 15) is 18.0 Å². The summed E-state index contributed by atoms with van der Waals surface area (Å²) >= 11 is 0. The molecule has 1 heterocycles. The van der Waals surface area contributed by atoms with Gasteiger partial charge in [0.15, 0.2) is 0 Å². The molecule has 0 aliphatic heterocycles. The van der Waals surface area contributed by atoms with E-state index < -0.39 is 18.8 Å². The number of nitrogens with zero attached hydrogens (tertiary/aromatic N) is 3. The van der Waals surface area contributed by atoms with Crippen LogP contribution in [-0.4, -0.2) is 46.7 Å². The highest BCUT2D eigenvalue weighted by atomic mass is 19.4. The molecule has 19 heavy (non-hydrogen) atoms. The van der Waals surface area contributed by atoms with Gasteiger partial charge in [-0.3, -0.25) is 0 Å². The van der Waals surface area contributed by atoms with Gasteiger partial charge in [-0.25, -0.2) is 4.79 Å². The summed E-state index contributed by atoms with van der Waals surface area (Å²) in [6.07, 6.45) is -4.37. The van der Waals surface area contributed by atoms with Crippen molar-refractivity contribution in [3.8, 4) is 0 Å². The highest BCUT2D eigenvalue weighted by molar-refractivity contribution is 5.85. The summed E-state index contributed by atoms with van der Waals surface area (Å²) in [7, 11) is 0. The number of hydrogen-bond donors (Lipinski definition) is 0. The van der Waals surface area contributed by atoms with E-state index in [1.807, 2.05) is 0 Å². The summed E-state index contributed by atoms with van der Waals surface area (Å²) in [5.41, 5.74) is 0. The number of rotatable bonds is 6. The Kier molecular flexibility index (Phi) is 5.28. The average Bonchev–Trinajstić information content (AvgIpc) is 2.65. The third-order valence-electron chi connectivity index (χ3n) is 2.12. The predicted molar refractivity (Wildman–Crippen MR) is 57.6 cm³/mol. The van der Waals surface area contributed by atoms with Gasteiger partial charge in [-0.15, -0.1) is 10.2 Å². The lowest BCUT2D eigenvalue weighted by Crippen LogP contribution is -2.21. The first-order valence-electron chi connectivity index (χ1n) is 5.56. The lowest BCUT2D eigenvalue weighted by molar-refractivity contribution is -0.174. The van der Waals surface area contributed by atoms with Crippen molar-refractivity contribution in [1.29, 1.82) is 0 Å². The van der Waals surface area contributed by atoms with Crippen molar-refractivity contribution < 1.29 is 27.4 Å². The largest absolute Gasteiger partial charge is 0.460 e. The van der Waals surface area contributed by atoms with E-state index >= 15 is 0 Å². The van der Waals surface area contributed by atoms with Crippen LogP contribution >= 0.6 is 0 Å². The SMILES string of the molecule is CCOC(=O)c1nnc(C)n1CCOCC(F)(F)F. The topological polar surface area (TPSA) is 66.2 Å². The molecule has 1 aromatic rings. The molecule has 0 aliphatic rings. The van der Waals surface area contributed by atoms with Crippen molar-refractivity contribution in [2.24, 2.45) is 0 Å². The molecule has 0 bridgehead atoms. The smallest absolute Gasteiger partial charge is 0.411 e. The second-order valence-electron chi connectivity index (χ2n) is 3.61. The van der Waals surface area contributed by atoms with Crippen molar-refractivity contribution in [2.45, 2.75) is 26.6 Å². The van der Waals surface area contributed by atoms with Crippen LogP contribution in [0, 0.1) is 6.92 Å². The minimum absolute atomic E-state index is 0.0447. The van der Waals surface area contributed by atoms with Crippen LogP contribution in [0.1, 0.15) is 23.4 Å². The molecule has 0 radical (unpaired) electrons. The van der Waals surface area contributed by atoms with Gasteiger partial charge in [0.05, 0.1) is 13.2 Å². The fourth-order valence-corrected chi connectivity index (χ4v) is 1.34. The van der Waals surface area contributed by atoms with Crippen LogP contribution < -0.4 is 0 Å². The van der Waals surface area contributed by atoms with Gasteiger partial charge < -0.3 is 14.0 Å². The molecule has 0 N–H and O–H groups in total. The van der Waals surface area contributed by atoms with Gasteiger partial charge in [-0.05, 0) is 13.8 Å². The normalized spacial score (nSPS) is 11.6. The summed E-state index contributed by atoms with van der Waals surface area (Å²) in [6, 6.07) is 0. The zero-order valence-corrected chi connectivity index (χ0v) is 10.5. The molecule has 6 nitrogen and oxygen atoms in total. The second kappa shape index (κ2) is 6.50. The van der Waals surface area contributed by atoms with E-state index in [1.54, 1.807) is 13.8 Å². The maximum absolute atomic E-state index is 11.9. The van der Waals surface area contributed by atoms with Gasteiger partial charge in [0.25, 0.3) is 0 Å². The van der Waals surface area contributed by atoms with Gasteiger partial charge in [0, 0.05) is 6.54 Å². The number of hydrogen-bond acceptors (Lipinski definition) is 5. The van der Waals surface area contributed by atoms with Crippen LogP contribution in [0.5, 0.6) is 0 Å². The third-order valence-corrected chi connectivity index (χ3v) is 2.12. The molecule has 0 aliphatic carbocycles. The minimum atomic E-state index is -4.37. The number of carbonyl (C=O) groups excluding carboxylic acids is 1. The van der Waals surface area contributed by atoms with Crippen LogP contribution in [0.15, 0.2) is 0 Å². The summed E-state index contributed by atoms with van der Waals surface area (Å²) in [5.74, 6) is -0.312. The van der Waals surface area contributed by atoms with Gasteiger partial charge >= 0.3 is 12.1 Å². The fraction of sp³-hybridized carbons (Fsp3) is 0.700. The van der Waals surface area contributed by atoms with E-state index in [0.717, 1.165) is 0 Å². The van der Waals surface area contributed by atoms with E-state index in [4.69, 9.17) is 4.74 Å². The fourth-order valence-electron chi connectivity index (χ4n) is 1.34. The number of ether oxygens (including phenoxy) is 2. The van der Waals surface area contributed by atoms with Crippen molar-refractivity contribution in [3.05, 3.63) is 11.6 Å². The Morgan fingerprint density at radius 1 is 1.37 bits per heavy atom. The molecule has 0 amide bonds. The van der Waals surface area contributed by atoms with Crippen molar-refractivity contribution >= 4 is 5.97 Å². The van der Waals surface area contributed by atoms with Crippen LogP contribution in [0.4, 0.5) is 13.2 Å². The van der Waals surface area contributed by atoms with E-state index in [0.29, 0.717) is 5.82 Å². The summed E-state index contributed by atoms with van der Waals surface area (Å²) < 4.78 is 46.2.